The summed E-state index contributed by atoms with van der Waals surface area (Å²) >= 11 is 9.28. The Labute approximate surface area is 93.4 Å². The highest BCUT2D eigenvalue weighted by Crippen LogP contribution is 2.19. The minimum Gasteiger partial charge on any atom is -0.126 e. The van der Waals surface area contributed by atoms with Gasteiger partial charge in [0.25, 0.3) is 0 Å². The van der Waals surface area contributed by atoms with Crippen LogP contribution in [0.1, 0.15) is 18.9 Å². The fourth-order valence-electron chi connectivity index (χ4n) is 1.18. The maximum Gasteiger partial charge on any atom is 0.0249 e. The first-order chi connectivity index (χ1) is 6.24. The molecule has 0 nitrogen and oxygen atoms in total. The summed E-state index contributed by atoms with van der Waals surface area (Å²) in [6.45, 7) is 2.18. The third kappa shape index (κ3) is 3.70. The molecule has 0 amide bonds. The first-order valence-electron chi connectivity index (χ1n) is 4.53. The molecule has 0 aromatic heterocycles. The fourth-order valence-corrected chi connectivity index (χ4v) is 1.82. The summed E-state index contributed by atoms with van der Waals surface area (Å²) < 4.78 is 1.21. The Morgan fingerprint density at radius 1 is 1.38 bits per heavy atom. The lowest BCUT2D eigenvalue weighted by Gasteiger charge is -2.07. The predicted molar refractivity (Wildman–Crippen MR) is 62.3 cm³/mol. The van der Waals surface area contributed by atoms with E-state index in [0.717, 1.165) is 18.7 Å². The molecule has 0 saturated heterocycles. The van der Waals surface area contributed by atoms with E-state index in [4.69, 9.17) is 11.6 Å². The van der Waals surface area contributed by atoms with Gasteiger partial charge in [-0.15, -0.1) is 11.6 Å². The lowest BCUT2D eigenvalue weighted by atomic mass is 10.0. The van der Waals surface area contributed by atoms with Crippen molar-refractivity contribution in [3.05, 3.63) is 34.3 Å². The zero-order valence-electron chi connectivity index (χ0n) is 7.76. The van der Waals surface area contributed by atoms with Crippen molar-refractivity contribution < 1.29 is 0 Å². The molecule has 72 valence electrons. The summed E-state index contributed by atoms with van der Waals surface area (Å²) in [7, 11) is 0. The van der Waals surface area contributed by atoms with Crippen molar-refractivity contribution in [1.29, 1.82) is 0 Å². The van der Waals surface area contributed by atoms with Gasteiger partial charge in [0.15, 0.2) is 0 Å². The van der Waals surface area contributed by atoms with Crippen LogP contribution in [0.5, 0.6) is 0 Å². The highest BCUT2D eigenvalue weighted by Gasteiger charge is 2.02. The molecule has 0 aliphatic carbocycles. The molecule has 0 aliphatic rings. The maximum atomic E-state index is 5.75. The van der Waals surface area contributed by atoms with E-state index in [1.54, 1.807) is 0 Å². The lowest BCUT2D eigenvalue weighted by Crippen LogP contribution is -1.98. The normalized spacial score (nSPS) is 12.8. The third-order valence-corrected chi connectivity index (χ3v) is 3.43. The van der Waals surface area contributed by atoms with Crippen molar-refractivity contribution in [2.45, 2.75) is 19.8 Å². The Balaban J connectivity index is 2.50. The van der Waals surface area contributed by atoms with E-state index < -0.39 is 0 Å². The number of alkyl halides is 1. The largest absolute Gasteiger partial charge is 0.126 e. The van der Waals surface area contributed by atoms with Gasteiger partial charge in [-0.1, -0.05) is 41.1 Å². The van der Waals surface area contributed by atoms with Crippen molar-refractivity contribution in [3.8, 4) is 0 Å². The summed E-state index contributed by atoms with van der Waals surface area (Å²) in [6, 6.07) is 8.36. The SMILES string of the molecule is CC(CCl)CCc1ccccc1Br. The minimum atomic E-state index is 0.605. The van der Waals surface area contributed by atoms with Crippen LogP contribution < -0.4 is 0 Å². The number of aryl methyl sites for hydroxylation is 1. The van der Waals surface area contributed by atoms with E-state index in [0.29, 0.717) is 5.92 Å². The van der Waals surface area contributed by atoms with Crippen LogP contribution in [0.2, 0.25) is 0 Å². The predicted octanol–water partition coefficient (Wildman–Crippen LogP) is 4.26. The van der Waals surface area contributed by atoms with Crippen LogP contribution in [-0.2, 0) is 6.42 Å². The van der Waals surface area contributed by atoms with Crippen molar-refractivity contribution in [3.63, 3.8) is 0 Å². The van der Waals surface area contributed by atoms with Gasteiger partial charge in [-0.25, -0.2) is 0 Å². The van der Waals surface area contributed by atoms with Gasteiger partial charge >= 0.3 is 0 Å². The number of halogens is 2. The van der Waals surface area contributed by atoms with Gasteiger partial charge in [-0.2, -0.15) is 0 Å². The average molecular weight is 262 g/mol. The number of rotatable bonds is 4. The molecule has 1 rings (SSSR count). The van der Waals surface area contributed by atoms with Crippen LogP contribution in [0.3, 0.4) is 0 Å². The van der Waals surface area contributed by atoms with E-state index in [1.807, 2.05) is 6.07 Å². The molecule has 0 radical (unpaired) electrons. The maximum absolute atomic E-state index is 5.75. The molecular weight excluding hydrogens is 247 g/mol. The summed E-state index contributed by atoms with van der Waals surface area (Å²) in [4.78, 5) is 0. The first kappa shape index (κ1) is 11.1. The fraction of sp³-hybridized carbons (Fsp3) is 0.455. The molecule has 1 aromatic carbocycles. The van der Waals surface area contributed by atoms with Crippen molar-refractivity contribution >= 4 is 27.5 Å². The summed E-state index contributed by atoms with van der Waals surface area (Å²) in [5.41, 5.74) is 1.37. The zero-order chi connectivity index (χ0) is 9.68. The summed E-state index contributed by atoms with van der Waals surface area (Å²) in [5, 5.41) is 0. The number of hydrogen-bond acceptors (Lipinski definition) is 0. The molecule has 1 atom stereocenters. The average Bonchev–Trinajstić information content (AvgIpc) is 2.16. The standard InChI is InChI=1S/C11H14BrCl/c1-9(8-13)6-7-10-4-2-3-5-11(10)12/h2-5,9H,6-8H2,1H3. The van der Waals surface area contributed by atoms with Gasteiger partial charge in [-0.05, 0) is 30.4 Å². The molecule has 13 heavy (non-hydrogen) atoms. The second-order valence-electron chi connectivity index (χ2n) is 3.39. The highest BCUT2D eigenvalue weighted by molar-refractivity contribution is 9.10. The Morgan fingerprint density at radius 2 is 2.08 bits per heavy atom. The van der Waals surface area contributed by atoms with Crippen LogP contribution in [-0.4, -0.2) is 5.88 Å². The minimum absolute atomic E-state index is 0.605. The van der Waals surface area contributed by atoms with E-state index in [-0.39, 0.29) is 0 Å². The van der Waals surface area contributed by atoms with Crippen molar-refractivity contribution in [1.82, 2.24) is 0 Å². The molecule has 1 unspecified atom stereocenters. The monoisotopic (exact) mass is 260 g/mol. The van der Waals surface area contributed by atoms with Crippen LogP contribution in [0.25, 0.3) is 0 Å². The van der Waals surface area contributed by atoms with Crippen molar-refractivity contribution in [2.24, 2.45) is 5.92 Å². The Bertz CT molecular complexity index is 260. The summed E-state index contributed by atoms with van der Waals surface area (Å²) in [5.74, 6) is 1.36. The molecule has 0 heterocycles. The van der Waals surface area contributed by atoms with Crippen LogP contribution in [0, 0.1) is 5.92 Å². The van der Waals surface area contributed by atoms with E-state index in [2.05, 4.69) is 41.1 Å². The second-order valence-corrected chi connectivity index (χ2v) is 4.55. The van der Waals surface area contributed by atoms with Crippen LogP contribution in [0.4, 0.5) is 0 Å². The lowest BCUT2D eigenvalue weighted by molar-refractivity contribution is 0.592. The second kappa shape index (κ2) is 5.66. The zero-order valence-corrected chi connectivity index (χ0v) is 10.1. The van der Waals surface area contributed by atoms with Gasteiger partial charge in [0.05, 0.1) is 0 Å². The molecule has 0 N–H and O–H groups in total. The topological polar surface area (TPSA) is 0 Å². The first-order valence-corrected chi connectivity index (χ1v) is 5.86. The molecule has 0 saturated carbocycles. The Hall–Kier alpha value is -0.0100. The van der Waals surface area contributed by atoms with Crippen molar-refractivity contribution in [2.75, 3.05) is 5.88 Å². The van der Waals surface area contributed by atoms with E-state index in [1.165, 1.54) is 10.0 Å². The molecule has 0 fully saturated rings. The van der Waals surface area contributed by atoms with Gasteiger partial charge in [0, 0.05) is 10.4 Å². The smallest absolute Gasteiger partial charge is 0.0249 e. The number of benzene rings is 1. The van der Waals surface area contributed by atoms with Crippen LogP contribution >= 0.6 is 27.5 Å². The molecular formula is C11H14BrCl. The van der Waals surface area contributed by atoms with E-state index in [9.17, 15) is 0 Å². The molecule has 1 aromatic rings. The van der Waals surface area contributed by atoms with Crippen LogP contribution in [0.15, 0.2) is 28.7 Å². The Morgan fingerprint density at radius 3 is 2.69 bits per heavy atom. The molecule has 0 spiro atoms. The summed E-state index contributed by atoms with van der Waals surface area (Å²) in [6.07, 6.45) is 2.27. The molecule has 2 heteroatoms. The van der Waals surface area contributed by atoms with Gasteiger partial charge < -0.3 is 0 Å². The molecule has 0 aliphatic heterocycles. The molecule has 0 bridgehead atoms. The van der Waals surface area contributed by atoms with E-state index >= 15 is 0 Å². The quantitative estimate of drug-likeness (QED) is 0.711. The third-order valence-electron chi connectivity index (χ3n) is 2.13. The number of hydrogen-bond donors (Lipinski definition) is 0. The van der Waals surface area contributed by atoms with Gasteiger partial charge in [-0.3, -0.25) is 0 Å². The highest BCUT2D eigenvalue weighted by atomic mass is 79.9. The van der Waals surface area contributed by atoms with Gasteiger partial charge in [0.1, 0.15) is 0 Å². The van der Waals surface area contributed by atoms with Gasteiger partial charge in [0.2, 0.25) is 0 Å². The Kier molecular flexibility index (Phi) is 4.82.